The highest BCUT2D eigenvalue weighted by Crippen LogP contribution is 2.29. The first-order chi connectivity index (χ1) is 10.1. The molecule has 0 spiro atoms. The van der Waals surface area contributed by atoms with E-state index in [4.69, 9.17) is 4.74 Å². The summed E-state index contributed by atoms with van der Waals surface area (Å²) in [5, 5.41) is 10.8. The fraction of sp³-hybridized carbons (Fsp3) is 0.667. The number of aliphatic hydroxyl groups excluding tert-OH is 1. The van der Waals surface area contributed by atoms with Gasteiger partial charge in [-0.1, -0.05) is 44.2 Å². The van der Waals surface area contributed by atoms with Gasteiger partial charge >= 0.3 is 0 Å². The van der Waals surface area contributed by atoms with Crippen LogP contribution in [0.2, 0.25) is 0 Å². The van der Waals surface area contributed by atoms with E-state index in [1.807, 2.05) is 30.3 Å². The van der Waals surface area contributed by atoms with Gasteiger partial charge in [0.15, 0.2) is 0 Å². The Bertz CT molecular complexity index is 399. The Morgan fingerprint density at radius 3 is 2.33 bits per heavy atom. The molecule has 0 saturated carbocycles. The van der Waals surface area contributed by atoms with Gasteiger partial charge in [0, 0.05) is 25.7 Å². The van der Waals surface area contributed by atoms with Gasteiger partial charge in [-0.05, 0) is 31.2 Å². The number of nitrogens with zero attached hydrogens (tertiary/aromatic N) is 1. The Morgan fingerprint density at radius 1 is 1.19 bits per heavy atom. The molecule has 1 saturated heterocycles. The van der Waals surface area contributed by atoms with Crippen molar-refractivity contribution in [3.8, 4) is 0 Å². The van der Waals surface area contributed by atoms with Gasteiger partial charge in [0.2, 0.25) is 0 Å². The highest BCUT2D eigenvalue weighted by molar-refractivity contribution is 5.19. The molecule has 0 radical (unpaired) electrons. The summed E-state index contributed by atoms with van der Waals surface area (Å²) in [5.74, 6) is 0.420. The lowest BCUT2D eigenvalue weighted by Gasteiger charge is -2.41. The predicted octanol–water partition coefficient (Wildman–Crippen LogP) is 3.25. The van der Waals surface area contributed by atoms with Gasteiger partial charge in [0.05, 0.1) is 12.2 Å². The number of hydrogen-bond donors (Lipinski definition) is 1. The largest absolute Gasteiger partial charge is 0.387 e. The minimum absolute atomic E-state index is 0.176. The molecule has 2 rings (SSSR count). The second-order valence-electron chi connectivity index (χ2n) is 6.28. The number of piperidine rings is 1. The molecule has 1 aromatic rings. The van der Waals surface area contributed by atoms with Gasteiger partial charge in [-0.25, -0.2) is 0 Å². The van der Waals surface area contributed by atoms with Crippen molar-refractivity contribution in [2.45, 2.75) is 51.9 Å². The van der Waals surface area contributed by atoms with E-state index in [1.54, 1.807) is 0 Å². The van der Waals surface area contributed by atoms with Crippen LogP contribution in [0.5, 0.6) is 0 Å². The number of rotatable bonds is 6. The van der Waals surface area contributed by atoms with E-state index in [9.17, 15) is 5.11 Å². The molecule has 3 heteroatoms. The lowest BCUT2D eigenvalue weighted by molar-refractivity contribution is -0.0329. The summed E-state index contributed by atoms with van der Waals surface area (Å²) in [6.45, 7) is 9.28. The van der Waals surface area contributed by atoms with Crippen LogP contribution in [0.3, 0.4) is 0 Å². The minimum Gasteiger partial charge on any atom is -0.387 e. The summed E-state index contributed by atoms with van der Waals surface area (Å²) < 4.78 is 5.73. The molecule has 0 bridgehead atoms. The first-order valence-electron chi connectivity index (χ1n) is 8.22. The molecule has 3 nitrogen and oxygen atoms in total. The highest BCUT2D eigenvalue weighted by Gasteiger charge is 2.32. The minimum atomic E-state index is -0.421. The summed E-state index contributed by atoms with van der Waals surface area (Å²) in [4.78, 5) is 2.44. The Hall–Kier alpha value is -0.900. The van der Waals surface area contributed by atoms with Gasteiger partial charge < -0.3 is 9.84 Å². The molecule has 0 aliphatic carbocycles. The summed E-state index contributed by atoms with van der Waals surface area (Å²) in [6, 6.07) is 10.2. The molecule has 1 aliphatic heterocycles. The van der Waals surface area contributed by atoms with Crippen molar-refractivity contribution < 1.29 is 9.84 Å². The van der Waals surface area contributed by atoms with Crippen LogP contribution in [0, 0.1) is 5.92 Å². The normalized spacial score (nSPS) is 20.6. The molecule has 2 unspecified atom stereocenters. The molecule has 1 aliphatic rings. The fourth-order valence-electron chi connectivity index (χ4n) is 3.41. The topological polar surface area (TPSA) is 32.7 Å². The molecule has 2 atom stereocenters. The van der Waals surface area contributed by atoms with E-state index in [1.165, 1.54) is 0 Å². The standard InChI is InChI=1S/C18H29NO2/c1-4-21-16-10-12-19(13-11-16)17(14(2)3)18(20)15-8-6-5-7-9-15/h5-9,14,16-18,20H,4,10-13H2,1-3H3. The monoisotopic (exact) mass is 291 g/mol. The predicted molar refractivity (Wildman–Crippen MR) is 86.2 cm³/mol. The third kappa shape index (κ3) is 4.29. The molecule has 1 N–H and O–H groups in total. The average Bonchev–Trinajstić information content (AvgIpc) is 2.50. The quantitative estimate of drug-likeness (QED) is 0.873. The lowest BCUT2D eigenvalue weighted by Crippen LogP contribution is -2.48. The third-order valence-corrected chi connectivity index (χ3v) is 4.45. The molecule has 0 aromatic heterocycles. The Morgan fingerprint density at radius 2 is 1.81 bits per heavy atom. The number of likely N-dealkylation sites (tertiary alicyclic amines) is 1. The summed E-state index contributed by atoms with van der Waals surface area (Å²) in [6.07, 6.45) is 2.11. The Balaban J connectivity index is 2.03. The Kier molecular flexibility index (Phi) is 6.22. The van der Waals surface area contributed by atoms with Crippen LogP contribution in [-0.2, 0) is 4.74 Å². The van der Waals surface area contributed by atoms with Crippen LogP contribution in [0.1, 0.15) is 45.3 Å². The first-order valence-corrected chi connectivity index (χ1v) is 8.22. The average molecular weight is 291 g/mol. The van der Waals surface area contributed by atoms with Gasteiger partial charge in [-0.15, -0.1) is 0 Å². The molecule has 1 heterocycles. The van der Waals surface area contributed by atoms with Crippen LogP contribution in [0.25, 0.3) is 0 Å². The maximum atomic E-state index is 10.8. The molecular weight excluding hydrogens is 262 g/mol. The van der Waals surface area contributed by atoms with Gasteiger partial charge in [0.25, 0.3) is 0 Å². The number of benzene rings is 1. The first kappa shape index (κ1) is 16.5. The summed E-state index contributed by atoms with van der Waals surface area (Å²) >= 11 is 0. The second-order valence-corrected chi connectivity index (χ2v) is 6.28. The van der Waals surface area contributed by atoms with Crippen LogP contribution >= 0.6 is 0 Å². The van der Waals surface area contributed by atoms with Gasteiger partial charge in [-0.3, -0.25) is 4.90 Å². The highest BCUT2D eigenvalue weighted by atomic mass is 16.5. The maximum absolute atomic E-state index is 10.8. The van der Waals surface area contributed by atoms with Crippen LogP contribution in [0.4, 0.5) is 0 Å². The molecular formula is C18H29NO2. The van der Waals surface area contributed by atoms with Crippen molar-refractivity contribution in [2.24, 2.45) is 5.92 Å². The van der Waals surface area contributed by atoms with Crippen molar-refractivity contribution in [2.75, 3.05) is 19.7 Å². The smallest absolute Gasteiger partial charge is 0.0947 e. The summed E-state index contributed by atoms with van der Waals surface area (Å²) in [7, 11) is 0. The number of hydrogen-bond acceptors (Lipinski definition) is 3. The van der Waals surface area contributed by atoms with Gasteiger partial charge in [-0.2, -0.15) is 0 Å². The zero-order valence-electron chi connectivity index (χ0n) is 13.5. The molecule has 0 amide bonds. The van der Waals surface area contributed by atoms with E-state index in [0.717, 1.165) is 38.1 Å². The Labute approximate surface area is 128 Å². The van der Waals surface area contributed by atoms with E-state index < -0.39 is 6.10 Å². The number of ether oxygens (including phenoxy) is 1. The number of aliphatic hydroxyl groups is 1. The van der Waals surface area contributed by atoms with Crippen LogP contribution in [-0.4, -0.2) is 41.8 Å². The fourth-order valence-corrected chi connectivity index (χ4v) is 3.41. The maximum Gasteiger partial charge on any atom is 0.0947 e. The van der Waals surface area contributed by atoms with Crippen molar-refractivity contribution in [1.82, 2.24) is 4.90 Å². The molecule has 118 valence electrons. The van der Waals surface area contributed by atoms with Crippen molar-refractivity contribution in [3.05, 3.63) is 35.9 Å². The van der Waals surface area contributed by atoms with Crippen LogP contribution in [0.15, 0.2) is 30.3 Å². The van der Waals surface area contributed by atoms with Crippen molar-refractivity contribution in [1.29, 1.82) is 0 Å². The molecule has 1 aromatic carbocycles. The summed E-state index contributed by atoms with van der Waals surface area (Å²) in [5.41, 5.74) is 1.02. The zero-order chi connectivity index (χ0) is 15.2. The van der Waals surface area contributed by atoms with Crippen molar-refractivity contribution in [3.63, 3.8) is 0 Å². The van der Waals surface area contributed by atoms with E-state index in [0.29, 0.717) is 12.0 Å². The third-order valence-electron chi connectivity index (χ3n) is 4.45. The SMILES string of the molecule is CCOC1CCN(C(C(C)C)C(O)c2ccccc2)CC1. The van der Waals surface area contributed by atoms with E-state index in [-0.39, 0.29) is 6.04 Å². The van der Waals surface area contributed by atoms with Crippen molar-refractivity contribution >= 4 is 0 Å². The van der Waals surface area contributed by atoms with E-state index in [2.05, 4.69) is 25.7 Å². The second kappa shape index (κ2) is 7.92. The lowest BCUT2D eigenvalue weighted by atomic mass is 9.90. The van der Waals surface area contributed by atoms with Crippen LogP contribution < -0.4 is 0 Å². The molecule has 1 fully saturated rings. The molecule has 21 heavy (non-hydrogen) atoms. The zero-order valence-corrected chi connectivity index (χ0v) is 13.5. The van der Waals surface area contributed by atoms with E-state index >= 15 is 0 Å². The van der Waals surface area contributed by atoms with Gasteiger partial charge in [0.1, 0.15) is 0 Å².